The number of nitrogens with zero attached hydrogens (tertiary/aromatic N) is 6. The van der Waals surface area contributed by atoms with Gasteiger partial charge in [0.15, 0.2) is 11.6 Å². The SMILES string of the molecule is CCCCC.CCc1cnc(NC(=O)N2c3nc(-c4ccnc(C)c4)ccc3N3CC[C@H]2C3)cn1. The van der Waals surface area contributed by atoms with Crippen molar-refractivity contribution in [3.8, 4) is 11.3 Å². The lowest BCUT2D eigenvalue weighted by molar-refractivity contribution is 0.254. The lowest BCUT2D eigenvalue weighted by Gasteiger charge is -2.35. The number of hydrogen-bond acceptors (Lipinski definition) is 6. The van der Waals surface area contributed by atoms with Crippen molar-refractivity contribution in [2.75, 3.05) is 28.2 Å². The minimum absolute atomic E-state index is 0.0855. The Morgan fingerprint density at radius 3 is 2.57 bits per heavy atom. The molecule has 8 heteroatoms. The summed E-state index contributed by atoms with van der Waals surface area (Å²) in [5, 5.41) is 2.90. The second-order valence-electron chi connectivity index (χ2n) is 9.01. The quantitative estimate of drug-likeness (QED) is 0.517. The lowest BCUT2D eigenvalue weighted by atomic mass is 10.1. The summed E-state index contributed by atoms with van der Waals surface area (Å²) in [5.74, 6) is 1.13. The molecule has 1 saturated heterocycles. The first-order valence-electron chi connectivity index (χ1n) is 12.6. The predicted octanol–water partition coefficient (Wildman–Crippen LogP) is 5.63. The van der Waals surface area contributed by atoms with Crippen molar-refractivity contribution in [2.24, 2.45) is 0 Å². The highest BCUT2D eigenvalue weighted by Crippen LogP contribution is 2.40. The van der Waals surface area contributed by atoms with Gasteiger partial charge in [-0.3, -0.25) is 20.2 Å². The van der Waals surface area contributed by atoms with E-state index in [9.17, 15) is 4.79 Å². The lowest BCUT2D eigenvalue weighted by Crippen LogP contribution is -2.48. The van der Waals surface area contributed by atoms with E-state index in [1.807, 2.05) is 32.0 Å². The zero-order valence-electron chi connectivity index (χ0n) is 21.2. The van der Waals surface area contributed by atoms with E-state index in [2.05, 4.69) is 45.1 Å². The number of anilines is 3. The van der Waals surface area contributed by atoms with Gasteiger partial charge in [0, 0.05) is 30.5 Å². The van der Waals surface area contributed by atoms with Crippen molar-refractivity contribution >= 4 is 23.4 Å². The molecule has 0 radical (unpaired) electrons. The Hall–Kier alpha value is -3.55. The standard InChI is InChI=1S/C22H23N7O.C5H12/c1-3-16-11-25-20(12-24-16)27-22(30)29-17-7-9-28(13-17)19-5-4-18(26-21(19)29)15-6-8-23-14(2)10-15;1-3-5-4-2/h4-6,8,10-12,17H,3,7,9,13H2,1-2H3,(H,25,27,30);3-5H2,1-2H3/t17-;/m0./s1. The van der Waals surface area contributed by atoms with Crippen LogP contribution >= 0.6 is 0 Å². The molecule has 0 spiro atoms. The number of rotatable bonds is 5. The van der Waals surface area contributed by atoms with E-state index in [1.54, 1.807) is 23.5 Å². The molecular formula is C27H35N7O. The molecule has 0 saturated carbocycles. The van der Waals surface area contributed by atoms with Gasteiger partial charge in [-0.05, 0) is 44.0 Å². The molecule has 0 unspecified atom stereocenters. The monoisotopic (exact) mass is 473 g/mol. The maximum Gasteiger partial charge on any atom is 0.329 e. The van der Waals surface area contributed by atoms with Crippen LogP contribution in [0.2, 0.25) is 0 Å². The van der Waals surface area contributed by atoms with Gasteiger partial charge >= 0.3 is 6.03 Å². The summed E-state index contributed by atoms with van der Waals surface area (Å²) < 4.78 is 0. The predicted molar refractivity (Wildman–Crippen MR) is 141 cm³/mol. The van der Waals surface area contributed by atoms with E-state index in [1.165, 1.54) is 19.3 Å². The van der Waals surface area contributed by atoms with Crippen molar-refractivity contribution in [3.63, 3.8) is 0 Å². The average Bonchev–Trinajstić information content (AvgIpc) is 3.29. The summed E-state index contributed by atoms with van der Waals surface area (Å²) in [6.07, 6.45) is 10.9. The number of carbonyl (C=O) groups is 1. The Bertz CT molecular complexity index is 1150. The molecule has 5 rings (SSSR count). The molecule has 3 aromatic heterocycles. The first-order chi connectivity index (χ1) is 17.0. The molecule has 0 aliphatic carbocycles. The molecule has 3 aromatic rings. The van der Waals surface area contributed by atoms with Crippen molar-refractivity contribution in [1.82, 2.24) is 19.9 Å². The number of nitrogens with one attached hydrogen (secondary N) is 1. The van der Waals surface area contributed by atoms with Gasteiger partial charge in [-0.2, -0.15) is 0 Å². The first kappa shape index (κ1) is 24.6. The normalized spacial score (nSPS) is 15.8. The van der Waals surface area contributed by atoms with E-state index in [4.69, 9.17) is 4.98 Å². The van der Waals surface area contributed by atoms with Crippen LogP contribution in [0.25, 0.3) is 11.3 Å². The summed E-state index contributed by atoms with van der Waals surface area (Å²) in [4.78, 5) is 35.1. The molecule has 0 aromatic carbocycles. The Morgan fingerprint density at radius 2 is 1.91 bits per heavy atom. The fourth-order valence-corrected chi connectivity index (χ4v) is 4.46. The number of fused-ring (bicyclic) bond motifs is 4. The summed E-state index contributed by atoms with van der Waals surface area (Å²) in [6, 6.07) is 7.87. The molecule has 2 amide bonds. The van der Waals surface area contributed by atoms with Crippen LogP contribution in [0, 0.1) is 6.92 Å². The fourth-order valence-electron chi connectivity index (χ4n) is 4.46. The Balaban J connectivity index is 0.000000527. The number of urea groups is 1. The number of aryl methyl sites for hydroxylation is 2. The molecule has 1 atom stereocenters. The second kappa shape index (κ2) is 11.3. The van der Waals surface area contributed by atoms with Gasteiger partial charge in [-0.15, -0.1) is 0 Å². The number of unbranched alkanes of at least 4 members (excludes halogenated alkanes) is 2. The van der Waals surface area contributed by atoms with Gasteiger partial charge in [0.05, 0.1) is 35.5 Å². The van der Waals surface area contributed by atoms with Crippen LogP contribution in [0.4, 0.5) is 22.1 Å². The molecular weight excluding hydrogens is 438 g/mol. The van der Waals surface area contributed by atoms with Gasteiger partial charge in [0.2, 0.25) is 0 Å². The number of pyridine rings is 2. The molecule has 5 heterocycles. The van der Waals surface area contributed by atoms with E-state index in [0.717, 1.165) is 54.3 Å². The second-order valence-corrected chi connectivity index (χ2v) is 9.01. The van der Waals surface area contributed by atoms with Crippen molar-refractivity contribution in [3.05, 3.63) is 54.2 Å². The zero-order valence-corrected chi connectivity index (χ0v) is 21.2. The molecule has 1 fully saturated rings. The Kier molecular flexibility index (Phi) is 7.90. The largest absolute Gasteiger partial charge is 0.366 e. The van der Waals surface area contributed by atoms with Crippen molar-refractivity contribution < 1.29 is 4.79 Å². The maximum absolute atomic E-state index is 13.3. The smallest absolute Gasteiger partial charge is 0.329 e. The summed E-state index contributed by atoms with van der Waals surface area (Å²) in [7, 11) is 0. The van der Waals surface area contributed by atoms with Crippen LogP contribution < -0.4 is 15.1 Å². The topological polar surface area (TPSA) is 87.1 Å². The summed E-state index contributed by atoms with van der Waals surface area (Å²) in [5.41, 5.74) is 4.62. The van der Waals surface area contributed by atoms with Crippen LogP contribution in [-0.4, -0.2) is 45.1 Å². The van der Waals surface area contributed by atoms with Crippen LogP contribution in [0.1, 0.15) is 57.8 Å². The van der Waals surface area contributed by atoms with Crippen LogP contribution in [-0.2, 0) is 6.42 Å². The fraction of sp³-hybridized carbons (Fsp3) is 0.444. The third-order valence-corrected chi connectivity index (χ3v) is 6.37. The van der Waals surface area contributed by atoms with E-state index in [0.29, 0.717) is 11.6 Å². The van der Waals surface area contributed by atoms with Gasteiger partial charge < -0.3 is 4.90 Å². The number of carbonyl (C=O) groups excluding carboxylic acids is 1. The molecule has 8 nitrogen and oxygen atoms in total. The molecule has 184 valence electrons. The minimum atomic E-state index is -0.225. The molecule has 35 heavy (non-hydrogen) atoms. The Labute approximate surface area is 207 Å². The number of hydrogen-bond donors (Lipinski definition) is 1. The zero-order chi connectivity index (χ0) is 24.8. The van der Waals surface area contributed by atoms with Crippen molar-refractivity contribution in [1.29, 1.82) is 0 Å². The minimum Gasteiger partial charge on any atom is -0.366 e. The molecule has 1 N–H and O–H groups in total. The molecule has 2 bridgehead atoms. The van der Waals surface area contributed by atoms with Crippen LogP contribution in [0.5, 0.6) is 0 Å². The average molecular weight is 474 g/mol. The number of amides is 2. The van der Waals surface area contributed by atoms with E-state index < -0.39 is 0 Å². The van der Waals surface area contributed by atoms with Crippen LogP contribution in [0.3, 0.4) is 0 Å². The van der Waals surface area contributed by atoms with Crippen molar-refractivity contribution in [2.45, 2.75) is 65.8 Å². The first-order valence-corrected chi connectivity index (χ1v) is 12.6. The van der Waals surface area contributed by atoms with E-state index in [-0.39, 0.29) is 12.1 Å². The number of aromatic nitrogens is 4. The van der Waals surface area contributed by atoms with E-state index >= 15 is 0 Å². The maximum atomic E-state index is 13.3. The highest BCUT2D eigenvalue weighted by Gasteiger charge is 2.40. The van der Waals surface area contributed by atoms with Gasteiger partial charge in [-0.25, -0.2) is 14.8 Å². The van der Waals surface area contributed by atoms with Crippen LogP contribution in [0.15, 0.2) is 42.9 Å². The summed E-state index contributed by atoms with van der Waals surface area (Å²) in [6.45, 7) is 10.1. The van der Waals surface area contributed by atoms with Gasteiger partial charge in [-0.1, -0.05) is 40.0 Å². The third-order valence-electron chi connectivity index (χ3n) is 6.37. The molecule has 2 aliphatic rings. The highest BCUT2D eigenvalue weighted by molar-refractivity contribution is 6.04. The van der Waals surface area contributed by atoms with Gasteiger partial charge in [0.1, 0.15) is 0 Å². The summed E-state index contributed by atoms with van der Waals surface area (Å²) >= 11 is 0. The van der Waals surface area contributed by atoms with Gasteiger partial charge in [0.25, 0.3) is 0 Å². The third kappa shape index (κ3) is 5.58. The Morgan fingerprint density at radius 1 is 1.09 bits per heavy atom. The molecule has 2 aliphatic heterocycles. The highest BCUT2D eigenvalue weighted by atomic mass is 16.2.